The Kier molecular flexibility index (Phi) is 4.37. The van der Waals surface area contributed by atoms with Crippen molar-refractivity contribution in [2.45, 2.75) is 38.3 Å². The number of rotatable bonds is 7. The van der Waals surface area contributed by atoms with Crippen LogP contribution in [-0.4, -0.2) is 24.6 Å². The molecule has 3 N–H and O–H groups in total. The predicted molar refractivity (Wildman–Crippen MR) is 70.4 cm³/mol. The van der Waals surface area contributed by atoms with Gasteiger partial charge >= 0.3 is 0 Å². The Bertz CT molecular complexity index is 461. The zero-order chi connectivity index (χ0) is 13.8. The number of halogens is 1. The molecule has 1 fully saturated rings. The van der Waals surface area contributed by atoms with Crippen LogP contribution in [0.2, 0.25) is 0 Å². The fourth-order valence-electron chi connectivity index (χ4n) is 1.90. The molecule has 4 nitrogen and oxygen atoms in total. The molecule has 104 valence electrons. The van der Waals surface area contributed by atoms with E-state index in [0.29, 0.717) is 24.8 Å². The van der Waals surface area contributed by atoms with Crippen LogP contribution in [0.5, 0.6) is 5.75 Å². The van der Waals surface area contributed by atoms with Crippen LogP contribution in [0.15, 0.2) is 18.2 Å². The summed E-state index contributed by atoms with van der Waals surface area (Å²) >= 11 is 0. The van der Waals surface area contributed by atoms with Gasteiger partial charge in [0.05, 0.1) is 12.6 Å². The largest absolute Gasteiger partial charge is 0.493 e. The average molecular weight is 266 g/mol. The molecule has 0 aliphatic heterocycles. The second-order valence-electron chi connectivity index (χ2n) is 4.94. The van der Waals surface area contributed by atoms with Crippen LogP contribution in [0.3, 0.4) is 0 Å². The Balaban J connectivity index is 1.82. The highest BCUT2D eigenvalue weighted by molar-refractivity contribution is 5.79. The third-order valence-electron chi connectivity index (χ3n) is 3.16. The maximum absolute atomic E-state index is 12.9. The van der Waals surface area contributed by atoms with Crippen LogP contribution >= 0.6 is 0 Å². The summed E-state index contributed by atoms with van der Waals surface area (Å²) in [6.45, 7) is 2.16. The fourth-order valence-corrected chi connectivity index (χ4v) is 1.90. The molecule has 1 atom stereocenters. The van der Waals surface area contributed by atoms with Gasteiger partial charge in [0, 0.05) is 12.5 Å². The number of nitrogens with two attached hydrogens (primary N) is 1. The lowest BCUT2D eigenvalue weighted by molar-refractivity contribution is -0.120. The summed E-state index contributed by atoms with van der Waals surface area (Å²) in [5.74, 6) is -0.00219. The van der Waals surface area contributed by atoms with Crippen molar-refractivity contribution in [3.63, 3.8) is 0 Å². The molecular formula is C14H19FN2O2. The zero-order valence-electron chi connectivity index (χ0n) is 11.0. The van der Waals surface area contributed by atoms with E-state index in [1.54, 1.807) is 13.0 Å². The van der Waals surface area contributed by atoms with E-state index in [1.165, 1.54) is 12.1 Å². The Morgan fingerprint density at radius 2 is 2.32 bits per heavy atom. The third kappa shape index (κ3) is 4.21. The first-order valence-corrected chi connectivity index (χ1v) is 6.50. The van der Waals surface area contributed by atoms with Crippen molar-refractivity contribution in [3.8, 4) is 5.75 Å². The van der Waals surface area contributed by atoms with Gasteiger partial charge in [-0.05, 0) is 43.5 Å². The lowest BCUT2D eigenvalue weighted by Crippen LogP contribution is -2.43. The number of aryl methyl sites for hydroxylation is 1. The fraction of sp³-hybridized carbons (Fsp3) is 0.500. The van der Waals surface area contributed by atoms with Gasteiger partial charge in [-0.25, -0.2) is 4.39 Å². The number of primary amides is 1. The maximum atomic E-state index is 12.9. The predicted octanol–water partition coefficient (Wildman–Crippen LogP) is 1.51. The van der Waals surface area contributed by atoms with E-state index >= 15 is 0 Å². The van der Waals surface area contributed by atoms with E-state index in [9.17, 15) is 9.18 Å². The van der Waals surface area contributed by atoms with Crippen LogP contribution in [0.1, 0.15) is 24.8 Å². The summed E-state index contributed by atoms with van der Waals surface area (Å²) in [6, 6.07) is 4.44. The molecular weight excluding hydrogens is 247 g/mol. The van der Waals surface area contributed by atoms with Gasteiger partial charge in [0.2, 0.25) is 5.91 Å². The van der Waals surface area contributed by atoms with Gasteiger partial charge in [0.15, 0.2) is 0 Å². The minimum atomic E-state index is -0.355. The number of ether oxygens (including phenoxy) is 1. The number of hydrogen-bond acceptors (Lipinski definition) is 3. The first-order valence-electron chi connectivity index (χ1n) is 6.50. The second kappa shape index (κ2) is 6.02. The van der Waals surface area contributed by atoms with Crippen molar-refractivity contribution in [1.29, 1.82) is 0 Å². The molecule has 0 heterocycles. The van der Waals surface area contributed by atoms with E-state index in [2.05, 4.69) is 5.32 Å². The van der Waals surface area contributed by atoms with Gasteiger partial charge in [-0.15, -0.1) is 0 Å². The second-order valence-corrected chi connectivity index (χ2v) is 4.94. The maximum Gasteiger partial charge on any atom is 0.234 e. The molecule has 1 aliphatic carbocycles. The van der Waals surface area contributed by atoms with E-state index in [4.69, 9.17) is 10.5 Å². The van der Waals surface area contributed by atoms with Gasteiger partial charge in [-0.1, -0.05) is 0 Å². The Morgan fingerprint density at radius 3 is 2.89 bits per heavy atom. The average Bonchev–Trinajstić information content (AvgIpc) is 3.14. The first-order chi connectivity index (χ1) is 9.06. The number of amides is 1. The van der Waals surface area contributed by atoms with Gasteiger partial charge in [-0.2, -0.15) is 0 Å². The highest BCUT2D eigenvalue weighted by atomic mass is 19.1. The van der Waals surface area contributed by atoms with Gasteiger partial charge in [0.25, 0.3) is 0 Å². The topological polar surface area (TPSA) is 64.3 Å². The van der Waals surface area contributed by atoms with Crippen LogP contribution in [-0.2, 0) is 4.79 Å². The molecule has 1 aliphatic rings. The van der Waals surface area contributed by atoms with Crippen LogP contribution in [0, 0.1) is 12.7 Å². The summed E-state index contributed by atoms with van der Waals surface area (Å²) in [5.41, 5.74) is 6.08. The molecule has 1 unspecified atom stereocenters. The zero-order valence-corrected chi connectivity index (χ0v) is 11.0. The molecule has 5 heteroatoms. The normalized spacial score (nSPS) is 16.1. The lowest BCUT2D eigenvalue weighted by atomic mass is 10.2. The van der Waals surface area contributed by atoms with Gasteiger partial charge in [0.1, 0.15) is 11.6 Å². The summed E-state index contributed by atoms with van der Waals surface area (Å²) in [6.07, 6.45) is 2.71. The first kappa shape index (κ1) is 13.8. The molecule has 0 radical (unpaired) electrons. The van der Waals surface area contributed by atoms with Crippen LogP contribution in [0.4, 0.5) is 4.39 Å². The molecule has 1 saturated carbocycles. The minimum Gasteiger partial charge on any atom is -0.493 e. The minimum absolute atomic E-state index is 0.282. The van der Waals surface area contributed by atoms with E-state index in [-0.39, 0.29) is 17.8 Å². The Hall–Kier alpha value is -1.62. The van der Waals surface area contributed by atoms with E-state index in [0.717, 1.165) is 18.4 Å². The standard InChI is InChI=1S/C14H19FN2O2/c1-9-8-10(15)2-5-13(9)19-7-6-12(14(16)18)17-11-3-4-11/h2,5,8,11-12,17H,3-4,6-7H2,1H3,(H2,16,18). The van der Waals surface area contributed by atoms with Crippen molar-refractivity contribution in [3.05, 3.63) is 29.6 Å². The smallest absolute Gasteiger partial charge is 0.234 e. The number of carbonyl (C=O) groups excluding carboxylic acids is 1. The monoisotopic (exact) mass is 266 g/mol. The molecule has 0 bridgehead atoms. The lowest BCUT2D eigenvalue weighted by Gasteiger charge is -2.16. The Labute approximate surface area is 112 Å². The van der Waals surface area contributed by atoms with Crippen LogP contribution in [0.25, 0.3) is 0 Å². The van der Waals surface area contributed by atoms with Crippen molar-refractivity contribution >= 4 is 5.91 Å². The van der Waals surface area contributed by atoms with Crippen LogP contribution < -0.4 is 15.8 Å². The highest BCUT2D eigenvalue weighted by Crippen LogP contribution is 2.21. The molecule has 2 rings (SSSR count). The van der Waals surface area contributed by atoms with Crippen molar-refractivity contribution in [1.82, 2.24) is 5.32 Å². The van der Waals surface area contributed by atoms with Gasteiger partial charge in [-0.3, -0.25) is 4.79 Å². The summed E-state index contributed by atoms with van der Waals surface area (Å²) in [4.78, 5) is 11.3. The Morgan fingerprint density at radius 1 is 1.58 bits per heavy atom. The molecule has 1 aromatic rings. The van der Waals surface area contributed by atoms with Crippen molar-refractivity contribution in [2.24, 2.45) is 5.73 Å². The van der Waals surface area contributed by atoms with Gasteiger partial charge < -0.3 is 15.8 Å². The third-order valence-corrected chi connectivity index (χ3v) is 3.16. The SMILES string of the molecule is Cc1cc(F)ccc1OCCC(NC1CC1)C(N)=O. The number of nitrogens with one attached hydrogen (secondary N) is 1. The molecule has 0 spiro atoms. The van der Waals surface area contributed by atoms with E-state index in [1.807, 2.05) is 0 Å². The highest BCUT2D eigenvalue weighted by Gasteiger charge is 2.27. The summed E-state index contributed by atoms with van der Waals surface area (Å²) < 4.78 is 18.5. The number of hydrogen-bond donors (Lipinski definition) is 2. The van der Waals surface area contributed by atoms with Crippen molar-refractivity contribution < 1.29 is 13.9 Å². The molecule has 0 saturated heterocycles. The molecule has 19 heavy (non-hydrogen) atoms. The van der Waals surface area contributed by atoms with Crippen molar-refractivity contribution in [2.75, 3.05) is 6.61 Å². The molecule has 0 aromatic heterocycles. The molecule has 1 amide bonds. The molecule has 1 aromatic carbocycles. The summed E-state index contributed by atoms with van der Waals surface area (Å²) in [7, 11) is 0. The number of benzene rings is 1. The number of carbonyl (C=O) groups is 1. The summed E-state index contributed by atoms with van der Waals surface area (Å²) in [5, 5.41) is 3.19. The quantitative estimate of drug-likeness (QED) is 0.786. The van der Waals surface area contributed by atoms with E-state index < -0.39 is 0 Å².